The molecule has 7 rings (SSSR count). The molecule has 3 aromatic carbocycles. The van der Waals surface area contributed by atoms with E-state index >= 15 is 0 Å². The number of carbonyl (C=O) groups is 2. The van der Waals surface area contributed by atoms with E-state index in [9.17, 15) is 9.59 Å². The first-order valence-corrected chi connectivity index (χ1v) is 19.8. The SMILES string of the molecule is O=C(CN(Cc1cnc[nH]1)C1CCN(C(=O)N(Cc2cccc(Cl)c2)Cc2cccc(Cl)c2)CC1)NC[C@H]1CO[C@@H](C(c2ccc(Cl)cc2Cl)n2cncn2)O1. The van der Waals surface area contributed by atoms with E-state index in [2.05, 4.69) is 30.3 Å². The number of imidazole rings is 1. The second-order valence-corrected chi connectivity index (χ2v) is 15.6. The number of ether oxygens (including phenoxy) is 2. The maximum Gasteiger partial charge on any atom is 0.320 e. The summed E-state index contributed by atoms with van der Waals surface area (Å²) in [6.07, 6.45) is 6.63. The molecule has 4 heterocycles. The molecule has 0 bridgehead atoms. The predicted molar refractivity (Wildman–Crippen MR) is 213 cm³/mol. The number of halogens is 4. The smallest absolute Gasteiger partial charge is 0.320 e. The van der Waals surface area contributed by atoms with Gasteiger partial charge in [-0.2, -0.15) is 5.10 Å². The molecule has 3 amide bonds. The maximum atomic E-state index is 14.1. The van der Waals surface area contributed by atoms with Crippen LogP contribution >= 0.6 is 46.4 Å². The zero-order valence-corrected chi connectivity index (χ0v) is 33.3. The first-order chi connectivity index (χ1) is 27.2. The number of hydrogen-bond acceptors (Lipinski definition) is 8. The Balaban J connectivity index is 0.963. The first kappa shape index (κ1) is 40.0. The normalized spacial score (nSPS) is 18.0. The van der Waals surface area contributed by atoms with Gasteiger partial charge in [0.1, 0.15) is 24.8 Å². The lowest BCUT2D eigenvalue weighted by molar-refractivity contribution is -0.124. The van der Waals surface area contributed by atoms with Crippen LogP contribution in [0.15, 0.2) is 91.9 Å². The van der Waals surface area contributed by atoms with Gasteiger partial charge in [0.25, 0.3) is 0 Å². The number of benzene rings is 3. The average Bonchev–Trinajstić information content (AvgIpc) is 4.00. The van der Waals surface area contributed by atoms with Crippen molar-refractivity contribution in [3.05, 3.63) is 134 Å². The number of aromatic amines is 1. The molecule has 0 aliphatic carbocycles. The van der Waals surface area contributed by atoms with Crippen LogP contribution in [-0.4, -0.2) is 103 Å². The molecule has 2 aliphatic heterocycles. The van der Waals surface area contributed by atoms with Crippen molar-refractivity contribution in [2.75, 3.05) is 32.8 Å². The van der Waals surface area contributed by atoms with Gasteiger partial charge >= 0.3 is 6.03 Å². The van der Waals surface area contributed by atoms with Gasteiger partial charge < -0.3 is 29.6 Å². The summed E-state index contributed by atoms with van der Waals surface area (Å²) in [5, 5.41) is 9.54. The molecule has 3 atom stereocenters. The largest absolute Gasteiger partial charge is 0.352 e. The third-order valence-corrected chi connectivity index (χ3v) is 10.9. The van der Waals surface area contributed by atoms with E-state index in [1.165, 1.54) is 6.33 Å². The molecule has 1 unspecified atom stereocenters. The quantitative estimate of drug-likeness (QED) is 0.124. The molecule has 2 aliphatic rings. The second-order valence-electron chi connectivity index (χ2n) is 13.8. The number of likely N-dealkylation sites (tertiary alicyclic amines) is 1. The number of aromatic nitrogens is 5. The van der Waals surface area contributed by atoms with Crippen LogP contribution < -0.4 is 5.32 Å². The fourth-order valence-electron chi connectivity index (χ4n) is 7.16. The summed E-state index contributed by atoms with van der Waals surface area (Å²) < 4.78 is 14.0. The molecule has 5 aromatic rings. The summed E-state index contributed by atoms with van der Waals surface area (Å²) in [6, 6.07) is 19.8. The molecule has 2 saturated heterocycles. The topological polar surface area (TPSA) is 134 Å². The summed E-state index contributed by atoms with van der Waals surface area (Å²) in [5.41, 5.74) is 3.48. The number of rotatable bonds is 14. The Morgan fingerprint density at radius 1 is 0.911 bits per heavy atom. The van der Waals surface area contributed by atoms with Gasteiger partial charge in [0.15, 0.2) is 6.29 Å². The summed E-state index contributed by atoms with van der Waals surface area (Å²) >= 11 is 25.3. The molecule has 2 aromatic heterocycles. The second kappa shape index (κ2) is 18.8. The maximum absolute atomic E-state index is 14.1. The van der Waals surface area contributed by atoms with Crippen molar-refractivity contribution < 1.29 is 19.1 Å². The van der Waals surface area contributed by atoms with Gasteiger partial charge in [0, 0.05) is 82.9 Å². The Morgan fingerprint density at radius 2 is 1.62 bits per heavy atom. The Labute approximate surface area is 344 Å². The van der Waals surface area contributed by atoms with Crippen LogP contribution in [0, 0.1) is 0 Å². The molecule has 56 heavy (non-hydrogen) atoms. The van der Waals surface area contributed by atoms with Crippen molar-refractivity contribution in [2.45, 2.75) is 57.0 Å². The third-order valence-electron chi connectivity index (χ3n) is 9.88. The number of urea groups is 1. The van der Waals surface area contributed by atoms with Crippen LogP contribution in [0.5, 0.6) is 0 Å². The lowest BCUT2D eigenvalue weighted by Gasteiger charge is -2.40. The average molecular weight is 842 g/mol. The molecule has 2 fully saturated rings. The van der Waals surface area contributed by atoms with E-state index in [4.69, 9.17) is 55.9 Å². The van der Waals surface area contributed by atoms with Gasteiger partial charge in [-0.05, 0) is 60.4 Å². The van der Waals surface area contributed by atoms with Crippen LogP contribution in [0.3, 0.4) is 0 Å². The lowest BCUT2D eigenvalue weighted by Crippen LogP contribution is -2.52. The highest BCUT2D eigenvalue weighted by Gasteiger charge is 2.37. The molecule has 294 valence electrons. The van der Waals surface area contributed by atoms with Crippen molar-refractivity contribution in [1.82, 2.24) is 44.7 Å². The Hall–Kier alpha value is -4.21. The predicted octanol–water partition coefficient (Wildman–Crippen LogP) is 6.85. The molecule has 0 spiro atoms. The van der Waals surface area contributed by atoms with E-state index in [-0.39, 0.29) is 37.7 Å². The molecule has 2 N–H and O–H groups in total. The fourth-order valence-corrected chi connectivity index (χ4v) is 8.10. The zero-order valence-electron chi connectivity index (χ0n) is 30.3. The van der Waals surface area contributed by atoms with E-state index in [1.54, 1.807) is 35.7 Å². The lowest BCUT2D eigenvalue weighted by atomic mass is 10.0. The van der Waals surface area contributed by atoms with E-state index in [0.29, 0.717) is 71.2 Å². The van der Waals surface area contributed by atoms with E-state index in [1.807, 2.05) is 64.4 Å². The highest BCUT2D eigenvalue weighted by atomic mass is 35.5. The van der Waals surface area contributed by atoms with Crippen LogP contribution in [0.4, 0.5) is 4.79 Å². The molecule has 0 radical (unpaired) electrons. The molecular formula is C39H41Cl4N9O4. The number of H-pyrrole nitrogens is 1. The van der Waals surface area contributed by atoms with Crippen molar-refractivity contribution >= 4 is 58.3 Å². The minimum atomic E-state index is -0.728. The van der Waals surface area contributed by atoms with Crippen LogP contribution in [0.1, 0.15) is 41.3 Å². The van der Waals surface area contributed by atoms with Gasteiger partial charge in [-0.1, -0.05) is 76.7 Å². The highest BCUT2D eigenvalue weighted by molar-refractivity contribution is 6.35. The number of hydrogen-bond donors (Lipinski definition) is 2. The van der Waals surface area contributed by atoms with Crippen LogP contribution in [-0.2, 0) is 33.9 Å². The number of piperidine rings is 1. The molecule has 17 heteroatoms. The van der Waals surface area contributed by atoms with Gasteiger partial charge in [-0.3, -0.25) is 9.69 Å². The monoisotopic (exact) mass is 839 g/mol. The molecule has 13 nitrogen and oxygen atoms in total. The number of nitrogens with zero attached hydrogens (tertiary/aromatic N) is 7. The highest BCUT2D eigenvalue weighted by Crippen LogP contribution is 2.34. The Kier molecular flexibility index (Phi) is 13.4. The number of carbonyl (C=O) groups excluding carboxylic acids is 2. The summed E-state index contributed by atoms with van der Waals surface area (Å²) in [6.45, 7) is 3.00. The summed E-state index contributed by atoms with van der Waals surface area (Å²) in [5.74, 6) is -0.155. The van der Waals surface area contributed by atoms with Gasteiger partial charge in [0.05, 0.1) is 19.5 Å². The minimum Gasteiger partial charge on any atom is -0.352 e. The number of nitrogens with one attached hydrogen (secondary N) is 2. The van der Waals surface area contributed by atoms with E-state index < -0.39 is 18.4 Å². The standard InChI is InChI=1S/C39H41Cl4N9O4/c40-28-5-1-3-26(13-28)18-51(19-27-4-2-6-29(41)14-27)39(54)49-11-9-32(10-12-49)50(20-31-16-44-23-47-31)21-36(53)46-17-33-22-55-38(56-33)37(52-25-45-24-48-52)34-8-7-30(42)15-35(34)43/h1-8,13-16,23-25,32-33,37-38H,9-12,17-22H2,(H,44,47)(H,46,53)/t33-,37?,38+/m0/s1. The fraction of sp³-hybridized carbons (Fsp3) is 0.359. The first-order valence-electron chi connectivity index (χ1n) is 18.3. The Morgan fingerprint density at radius 3 is 2.25 bits per heavy atom. The van der Waals surface area contributed by atoms with Crippen LogP contribution in [0.25, 0.3) is 0 Å². The van der Waals surface area contributed by atoms with Crippen LogP contribution in [0.2, 0.25) is 20.1 Å². The number of amides is 3. The summed E-state index contributed by atoms with van der Waals surface area (Å²) in [4.78, 5) is 44.9. The van der Waals surface area contributed by atoms with E-state index in [0.717, 1.165) is 16.8 Å². The zero-order chi connectivity index (χ0) is 39.0. The molecular weight excluding hydrogens is 800 g/mol. The van der Waals surface area contributed by atoms with Gasteiger partial charge in [0.2, 0.25) is 5.91 Å². The van der Waals surface area contributed by atoms with Crippen molar-refractivity contribution in [2.24, 2.45) is 0 Å². The van der Waals surface area contributed by atoms with Crippen molar-refractivity contribution in [3.63, 3.8) is 0 Å². The minimum absolute atomic E-state index is 0.0467. The molecule has 0 saturated carbocycles. The van der Waals surface area contributed by atoms with Gasteiger partial charge in [-0.25, -0.2) is 19.4 Å². The van der Waals surface area contributed by atoms with Gasteiger partial charge in [-0.15, -0.1) is 0 Å². The summed E-state index contributed by atoms with van der Waals surface area (Å²) in [7, 11) is 0. The van der Waals surface area contributed by atoms with Crippen molar-refractivity contribution in [1.29, 1.82) is 0 Å². The van der Waals surface area contributed by atoms with Crippen molar-refractivity contribution in [3.8, 4) is 0 Å². The Bertz CT molecular complexity index is 2020. The third kappa shape index (κ3) is 10.4.